The number of rotatable bonds is 4. The van der Waals surface area contributed by atoms with Crippen molar-refractivity contribution in [1.29, 1.82) is 0 Å². The fraction of sp³-hybridized carbons (Fsp3) is 0.667. The van der Waals surface area contributed by atoms with Gasteiger partial charge in [-0.3, -0.25) is 9.69 Å². The lowest BCUT2D eigenvalue weighted by Crippen LogP contribution is -2.60. The van der Waals surface area contributed by atoms with E-state index in [0.29, 0.717) is 28.6 Å². The van der Waals surface area contributed by atoms with E-state index in [-0.39, 0.29) is 12.0 Å². The highest BCUT2D eigenvalue weighted by Crippen LogP contribution is 2.28. The van der Waals surface area contributed by atoms with Gasteiger partial charge in [-0.15, -0.1) is 0 Å². The first-order valence-electron chi connectivity index (χ1n) is 11.7. The predicted octanol–water partition coefficient (Wildman–Crippen LogP) is 3.93. The van der Waals surface area contributed by atoms with Crippen LogP contribution in [0.5, 0.6) is 0 Å². The smallest absolute Gasteiger partial charge is 0.410 e. The van der Waals surface area contributed by atoms with Gasteiger partial charge in [0.25, 0.3) is 5.91 Å². The average molecular weight is 463 g/mol. The van der Waals surface area contributed by atoms with Gasteiger partial charge in [-0.25, -0.2) is 4.79 Å². The SMILES string of the molecule is CC1CN(C(=O)c2ccc(NC3CN(C4CCN(C(=O)OC(C)(C)C)CC4)C3)cc2Cl)C1. The molecule has 0 radical (unpaired) electrons. The van der Waals surface area contributed by atoms with Gasteiger partial charge in [0.1, 0.15) is 5.60 Å². The van der Waals surface area contributed by atoms with Crippen LogP contribution in [0, 0.1) is 5.92 Å². The molecule has 2 amide bonds. The van der Waals surface area contributed by atoms with Crippen molar-refractivity contribution in [2.24, 2.45) is 5.92 Å². The van der Waals surface area contributed by atoms with Crippen LogP contribution in [-0.4, -0.2) is 83.7 Å². The minimum absolute atomic E-state index is 0.0205. The molecule has 176 valence electrons. The molecule has 0 saturated carbocycles. The molecule has 0 spiro atoms. The van der Waals surface area contributed by atoms with Crippen molar-refractivity contribution in [1.82, 2.24) is 14.7 Å². The monoisotopic (exact) mass is 462 g/mol. The van der Waals surface area contributed by atoms with Crippen molar-refractivity contribution in [2.45, 2.75) is 58.2 Å². The summed E-state index contributed by atoms with van der Waals surface area (Å²) in [6.07, 6.45) is 1.74. The maximum absolute atomic E-state index is 12.5. The highest BCUT2D eigenvalue weighted by molar-refractivity contribution is 6.34. The number of anilines is 1. The average Bonchev–Trinajstić information content (AvgIpc) is 2.66. The first kappa shape index (κ1) is 23.2. The first-order chi connectivity index (χ1) is 15.1. The van der Waals surface area contributed by atoms with Crippen LogP contribution in [0.3, 0.4) is 0 Å². The molecule has 0 atom stereocenters. The van der Waals surface area contributed by atoms with Crippen LogP contribution >= 0.6 is 11.6 Å². The number of nitrogens with one attached hydrogen (secondary N) is 1. The predicted molar refractivity (Wildman–Crippen MR) is 126 cm³/mol. The Labute approximate surface area is 196 Å². The van der Waals surface area contributed by atoms with E-state index in [1.54, 1.807) is 0 Å². The molecule has 3 heterocycles. The minimum atomic E-state index is -0.452. The number of likely N-dealkylation sites (tertiary alicyclic amines) is 3. The highest BCUT2D eigenvalue weighted by atomic mass is 35.5. The van der Waals surface area contributed by atoms with Gasteiger partial charge in [0.2, 0.25) is 0 Å². The van der Waals surface area contributed by atoms with Gasteiger partial charge in [-0.05, 0) is 57.7 Å². The van der Waals surface area contributed by atoms with Gasteiger partial charge in [-0.1, -0.05) is 18.5 Å². The minimum Gasteiger partial charge on any atom is -0.444 e. The standard InChI is InChI=1S/C24H35ClN4O3/c1-16-12-29(13-16)22(30)20-6-5-17(11-21(20)25)26-18-14-28(15-18)19-7-9-27(10-8-19)23(31)32-24(2,3)4/h5-6,11,16,18-19,26H,7-10,12-15H2,1-4H3. The number of nitrogens with zero attached hydrogens (tertiary/aromatic N) is 3. The quantitative estimate of drug-likeness (QED) is 0.734. The van der Waals surface area contributed by atoms with E-state index < -0.39 is 5.60 Å². The van der Waals surface area contributed by atoms with Gasteiger partial charge in [-0.2, -0.15) is 0 Å². The zero-order chi connectivity index (χ0) is 23.0. The Morgan fingerprint density at radius 3 is 2.28 bits per heavy atom. The normalized spacial score (nSPS) is 21.2. The topological polar surface area (TPSA) is 65.1 Å². The van der Waals surface area contributed by atoms with Crippen molar-refractivity contribution < 1.29 is 14.3 Å². The summed E-state index contributed by atoms with van der Waals surface area (Å²) in [7, 11) is 0. The molecule has 32 heavy (non-hydrogen) atoms. The summed E-state index contributed by atoms with van der Waals surface area (Å²) in [5, 5.41) is 4.04. The summed E-state index contributed by atoms with van der Waals surface area (Å²) in [6, 6.07) is 6.52. The van der Waals surface area contributed by atoms with Gasteiger partial charge in [0, 0.05) is 51.0 Å². The second kappa shape index (κ2) is 9.10. The third-order valence-electron chi connectivity index (χ3n) is 6.46. The third-order valence-corrected chi connectivity index (χ3v) is 6.78. The lowest BCUT2D eigenvalue weighted by molar-refractivity contribution is 0.00749. The van der Waals surface area contributed by atoms with Crippen molar-refractivity contribution >= 4 is 29.3 Å². The second-order valence-corrected chi connectivity index (χ2v) is 10.9. The van der Waals surface area contributed by atoms with Crippen LogP contribution in [0.25, 0.3) is 0 Å². The summed E-state index contributed by atoms with van der Waals surface area (Å²) in [5.41, 5.74) is 1.08. The van der Waals surface area contributed by atoms with Gasteiger partial charge < -0.3 is 19.9 Å². The number of ether oxygens (including phenoxy) is 1. The summed E-state index contributed by atoms with van der Waals surface area (Å²) in [4.78, 5) is 30.9. The third kappa shape index (κ3) is 5.31. The van der Waals surface area contributed by atoms with Crippen molar-refractivity contribution in [2.75, 3.05) is 44.6 Å². The zero-order valence-electron chi connectivity index (χ0n) is 19.6. The van der Waals surface area contributed by atoms with E-state index in [1.165, 1.54) is 0 Å². The summed E-state index contributed by atoms with van der Waals surface area (Å²) >= 11 is 6.42. The van der Waals surface area contributed by atoms with Crippen LogP contribution in [-0.2, 0) is 4.74 Å². The van der Waals surface area contributed by atoms with E-state index in [1.807, 2.05) is 48.8 Å². The number of carbonyl (C=O) groups is 2. The molecule has 0 aromatic heterocycles. The fourth-order valence-corrected chi connectivity index (χ4v) is 4.95. The molecule has 1 N–H and O–H groups in total. The van der Waals surface area contributed by atoms with Crippen LogP contribution < -0.4 is 5.32 Å². The summed E-state index contributed by atoms with van der Waals surface area (Å²) in [6.45, 7) is 12.9. The molecule has 3 aliphatic heterocycles. The van der Waals surface area contributed by atoms with E-state index >= 15 is 0 Å². The lowest BCUT2D eigenvalue weighted by atomic mass is 9.97. The Hall–Kier alpha value is -1.99. The molecule has 7 nitrogen and oxygen atoms in total. The molecule has 4 rings (SSSR count). The Morgan fingerprint density at radius 2 is 1.72 bits per heavy atom. The number of halogens is 1. The largest absolute Gasteiger partial charge is 0.444 e. The molecule has 1 aromatic rings. The number of carbonyl (C=O) groups excluding carboxylic acids is 2. The Kier molecular flexibility index (Phi) is 6.59. The number of hydrogen-bond donors (Lipinski definition) is 1. The first-order valence-corrected chi connectivity index (χ1v) is 12.0. The van der Waals surface area contributed by atoms with E-state index in [4.69, 9.17) is 16.3 Å². The van der Waals surface area contributed by atoms with Crippen molar-refractivity contribution in [3.63, 3.8) is 0 Å². The van der Waals surface area contributed by atoms with Gasteiger partial charge in [0.15, 0.2) is 0 Å². The molecule has 0 aliphatic carbocycles. The molecule has 3 aliphatic rings. The van der Waals surface area contributed by atoms with E-state index in [9.17, 15) is 9.59 Å². The Bertz CT molecular complexity index is 851. The van der Waals surface area contributed by atoms with Gasteiger partial charge >= 0.3 is 6.09 Å². The Balaban J connectivity index is 1.21. The van der Waals surface area contributed by atoms with E-state index in [0.717, 1.165) is 57.8 Å². The molecular weight excluding hydrogens is 428 g/mol. The van der Waals surface area contributed by atoms with Crippen LogP contribution in [0.4, 0.5) is 10.5 Å². The molecule has 3 fully saturated rings. The summed E-state index contributed by atoms with van der Waals surface area (Å²) < 4.78 is 5.49. The Morgan fingerprint density at radius 1 is 1.06 bits per heavy atom. The number of hydrogen-bond acceptors (Lipinski definition) is 5. The molecule has 0 unspecified atom stereocenters. The van der Waals surface area contributed by atoms with Crippen LogP contribution in [0.15, 0.2) is 18.2 Å². The number of amides is 2. The number of benzene rings is 1. The fourth-order valence-electron chi connectivity index (χ4n) is 4.69. The zero-order valence-corrected chi connectivity index (χ0v) is 20.3. The van der Waals surface area contributed by atoms with Crippen molar-refractivity contribution in [3.05, 3.63) is 28.8 Å². The maximum Gasteiger partial charge on any atom is 0.410 e. The molecule has 1 aromatic carbocycles. The number of piperidine rings is 1. The maximum atomic E-state index is 12.5. The molecule has 3 saturated heterocycles. The van der Waals surface area contributed by atoms with Crippen molar-refractivity contribution in [3.8, 4) is 0 Å². The molecular formula is C24H35ClN4O3. The van der Waals surface area contributed by atoms with Crippen LogP contribution in [0.2, 0.25) is 5.02 Å². The lowest BCUT2D eigenvalue weighted by Gasteiger charge is -2.47. The summed E-state index contributed by atoms with van der Waals surface area (Å²) in [5.74, 6) is 0.594. The molecule has 8 heteroatoms. The molecule has 0 bridgehead atoms. The highest BCUT2D eigenvalue weighted by Gasteiger charge is 2.36. The van der Waals surface area contributed by atoms with Gasteiger partial charge in [0.05, 0.1) is 16.6 Å². The van der Waals surface area contributed by atoms with E-state index in [2.05, 4.69) is 17.1 Å². The second-order valence-electron chi connectivity index (χ2n) is 10.5. The van der Waals surface area contributed by atoms with Crippen LogP contribution in [0.1, 0.15) is 50.9 Å².